The second kappa shape index (κ2) is 8.00. The van der Waals surface area contributed by atoms with Crippen molar-refractivity contribution >= 4 is 54.1 Å². The Labute approximate surface area is 184 Å². The minimum Gasteiger partial charge on any atom is -0.493 e. The number of hydrogen-bond donors (Lipinski definition) is 1. The lowest BCUT2D eigenvalue weighted by Gasteiger charge is -2.19. The van der Waals surface area contributed by atoms with Crippen LogP contribution in [0.4, 0.5) is 11.4 Å². The van der Waals surface area contributed by atoms with Gasteiger partial charge in [0.2, 0.25) is 0 Å². The zero-order valence-electron chi connectivity index (χ0n) is 15.7. The number of para-hydroxylation sites is 2. The molecule has 0 aliphatic carbocycles. The highest BCUT2D eigenvalue weighted by Crippen LogP contribution is 2.43. The smallest absolute Gasteiger partial charge is 0.266 e. The van der Waals surface area contributed by atoms with Crippen molar-refractivity contribution in [3.05, 3.63) is 85.8 Å². The van der Waals surface area contributed by atoms with Crippen molar-refractivity contribution in [1.82, 2.24) is 9.55 Å². The molecule has 7 heteroatoms. The van der Waals surface area contributed by atoms with Crippen LogP contribution in [0, 0.1) is 6.92 Å². The highest BCUT2D eigenvalue weighted by Gasteiger charge is 2.21. The van der Waals surface area contributed by atoms with Crippen molar-refractivity contribution in [1.29, 1.82) is 0 Å². The monoisotopic (exact) mass is 513 g/mol. The summed E-state index contributed by atoms with van der Waals surface area (Å²) in [6.45, 7) is 1.81. The molecule has 0 aliphatic rings. The molecule has 0 fully saturated rings. The van der Waals surface area contributed by atoms with Crippen LogP contribution in [-0.4, -0.2) is 16.7 Å². The third-order valence-electron chi connectivity index (χ3n) is 4.57. The number of nitrogens with one attached hydrogen (secondary N) is 1. The van der Waals surface area contributed by atoms with Gasteiger partial charge in [0, 0.05) is 10.2 Å². The molecule has 4 rings (SSSR count). The van der Waals surface area contributed by atoms with Crippen LogP contribution < -0.4 is 15.6 Å². The summed E-state index contributed by atoms with van der Waals surface area (Å²) in [5, 5.41) is 3.91. The molecule has 5 nitrogen and oxygen atoms in total. The van der Waals surface area contributed by atoms with Gasteiger partial charge in [0.15, 0.2) is 5.75 Å². The predicted octanol–water partition coefficient (Wildman–Crippen LogP) is 5.97. The Bertz CT molecular complexity index is 1270. The number of aryl methyl sites for hydroxylation is 1. The number of ether oxygens (including phenoxy) is 1. The lowest BCUT2D eigenvalue weighted by Crippen LogP contribution is -2.23. The van der Waals surface area contributed by atoms with Crippen LogP contribution in [0.2, 0.25) is 0 Å². The summed E-state index contributed by atoms with van der Waals surface area (Å²) in [7, 11) is 1.60. The Kier molecular flexibility index (Phi) is 5.43. The van der Waals surface area contributed by atoms with Crippen molar-refractivity contribution in [3.8, 4) is 11.4 Å². The van der Waals surface area contributed by atoms with E-state index in [-0.39, 0.29) is 5.56 Å². The predicted molar refractivity (Wildman–Crippen MR) is 124 cm³/mol. The number of fused-ring (bicyclic) bond motifs is 1. The lowest BCUT2D eigenvalue weighted by molar-refractivity contribution is 0.414. The summed E-state index contributed by atoms with van der Waals surface area (Å²) in [5.41, 5.74) is 2.87. The molecule has 0 saturated carbocycles. The van der Waals surface area contributed by atoms with E-state index in [1.807, 2.05) is 61.5 Å². The summed E-state index contributed by atoms with van der Waals surface area (Å²) in [5.74, 6) is 1.17. The summed E-state index contributed by atoms with van der Waals surface area (Å²) in [4.78, 5) is 17.9. The van der Waals surface area contributed by atoms with Gasteiger partial charge in [-0.1, -0.05) is 30.3 Å². The normalized spacial score (nSPS) is 10.9. The van der Waals surface area contributed by atoms with E-state index in [1.54, 1.807) is 17.7 Å². The Balaban J connectivity index is 1.94. The summed E-state index contributed by atoms with van der Waals surface area (Å²) >= 11 is 7.27. The topological polar surface area (TPSA) is 56.1 Å². The quantitative estimate of drug-likeness (QED) is 0.364. The number of halogens is 2. The van der Waals surface area contributed by atoms with E-state index >= 15 is 0 Å². The van der Waals surface area contributed by atoms with Gasteiger partial charge in [-0.15, -0.1) is 0 Å². The average Bonchev–Trinajstić information content (AvgIpc) is 2.71. The summed E-state index contributed by atoms with van der Waals surface area (Å²) in [6, 6.07) is 19.0. The van der Waals surface area contributed by atoms with E-state index in [9.17, 15) is 4.79 Å². The van der Waals surface area contributed by atoms with E-state index in [4.69, 9.17) is 4.74 Å². The third-order valence-corrected chi connectivity index (χ3v) is 5.91. The van der Waals surface area contributed by atoms with Crippen LogP contribution in [0.3, 0.4) is 0 Å². The number of anilines is 2. The van der Waals surface area contributed by atoms with Gasteiger partial charge in [0.05, 0.1) is 33.9 Å². The highest BCUT2D eigenvalue weighted by molar-refractivity contribution is 9.11. The summed E-state index contributed by atoms with van der Waals surface area (Å²) in [6.07, 6.45) is 0. The molecule has 0 spiro atoms. The minimum atomic E-state index is -0.139. The lowest BCUT2D eigenvalue weighted by atomic mass is 10.2. The maximum absolute atomic E-state index is 13.3. The second-order valence-electron chi connectivity index (χ2n) is 6.41. The molecule has 1 heterocycles. The van der Waals surface area contributed by atoms with Crippen molar-refractivity contribution in [3.63, 3.8) is 0 Å². The Morgan fingerprint density at radius 2 is 1.72 bits per heavy atom. The van der Waals surface area contributed by atoms with E-state index < -0.39 is 0 Å². The van der Waals surface area contributed by atoms with Gasteiger partial charge < -0.3 is 10.1 Å². The summed E-state index contributed by atoms with van der Waals surface area (Å²) < 4.78 is 8.63. The van der Waals surface area contributed by atoms with Crippen LogP contribution in [0.15, 0.2) is 74.4 Å². The Morgan fingerprint density at radius 3 is 2.45 bits per heavy atom. The van der Waals surface area contributed by atoms with Gasteiger partial charge in [-0.05, 0) is 69.1 Å². The first-order valence-corrected chi connectivity index (χ1v) is 10.5. The fraction of sp³-hybridized carbons (Fsp3) is 0.0909. The number of nitrogens with zero attached hydrogens (tertiary/aromatic N) is 2. The van der Waals surface area contributed by atoms with Crippen LogP contribution in [0.5, 0.6) is 5.75 Å². The van der Waals surface area contributed by atoms with Gasteiger partial charge >= 0.3 is 0 Å². The molecule has 1 aromatic heterocycles. The Morgan fingerprint density at radius 1 is 1.03 bits per heavy atom. The maximum Gasteiger partial charge on any atom is 0.266 e. The molecule has 0 amide bonds. The zero-order valence-corrected chi connectivity index (χ0v) is 18.9. The average molecular weight is 515 g/mol. The van der Waals surface area contributed by atoms with Gasteiger partial charge in [0.1, 0.15) is 5.82 Å². The molecule has 29 heavy (non-hydrogen) atoms. The van der Waals surface area contributed by atoms with E-state index in [0.29, 0.717) is 32.6 Å². The SMILES string of the molecule is COc1c(Nc2ccccc2)cc(Br)c(-n2c(C)nc3ccccc3c2=O)c1Br. The molecule has 0 unspecified atom stereocenters. The first kappa shape index (κ1) is 19.7. The molecule has 0 aliphatic heterocycles. The van der Waals surface area contributed by atoms with Crippen LogP contribution in [0.1, 0.15) is 5.82 Å². The van der Waals surface area contributed by atoms with Crippen LogP contribution >= 0.6 is 31.9 Å². The molecule has 0 atom stereocenters. The van der Waals surface area contributed by atoms with E-state index in [2.05, 4.69) is 42.2 Å². The van der Waals surface area contributed by atoms with Crippen molar-refractivity contribution in [2.75, 3.05) is 12.4 Å². The number of rotatable bonds is 4. The number of benzene rings is 3. The van der Waals surface area contributed by atoms with Crippen molar-refractivity contribution in [2.24, 2.45) is 0 Å². The van der Waals surface area contributed by atoms with Crippen LogP contribution in [0.25, 0.3) is 16.6 Å². The first-order valence-electron chi connectivity index (χ1n) is 8.88. The first-order chi connectivity index (χ1) is 14.0. The molecule has 1 N–H and O–H groups in total. The Hall–Kier alpha value is -2.64. The number of methoxy groups -OCH3 is 1. The zero-order chi connectivity index (χ0) is 20.5. The van der Waals surface area contributed by atoms with Crippen molar-refractivity contribution < 1.29 is 4.74 Å². The van der Waals surface area contributed by atoms with Gasteiger partial charge in [-0.3, -0.25) is 9.36 Å². The fourth-order valence-electron chi connectivity index (χ4n) is 3.27. The molecule has 0 bridgehead atoms. The molecule has 0 radical (unpaired) electrons. The standard InChI is InChI=1S/C22H17Br2N3O2/c1-13-25-17-11-7-6-10-15(17)22(28)27(13)20-16(23)12-18(21(29-2)19(20)24)26-14-8-4-3-5-9-14/h3-12,26H,1-2H3. The highest BCUT2D eigenvalue weighted by atomic mass is 79.9. The van der Waals surface area contributed by atoms with Gasteiger partial charge in [-0.2, -0.15) is 0 Å². The molecular weight excluding hydrogens is 498 g/mol. The molecule has 146 valence electrons. The maximum atomic E-state index is 13.3. The molecule has 0 saturated heterocycles. The van der Waals surface area contributed by atoms with Gasteiger partial charge in [0.25, 0.3) is 5.56 Å². The second-order valence-corrected chi connectivity index (χ2v) is 8.06. The largest absolute Gasteiger partial charge is 0.493 e. The number of hydrogen-bond acceptors (Lipinski definition) is 4. The molecule has 3 aromatic carbocycles. The fourth-order valence-corrected chi connectivity index (χ4v) is 4.91. The molecule has 4 aromatic rings. The minimum absolute atomic E-state index is 0.139. The van der Waals surface area contributed by atoms with Gasteiger partial charge in [-0.25, -0.2) is 4.98 Å². The third kappa shape index (κ3) is 3.56. The number of aromatic nitrogens is 2. The van der Waals surface area contributed by atoms with E-state index in [1.165, 1.54) is 0 Å². The van der Waals surface area contributed by atoms with Crippen molar-refractivity contribution in [2.45, 2.75) is 6.92 Å². The molecular formula is C22H17Br2N3O2. The van der Waals surface area contributed by atoms with E-state index in [0.717, 1.165) is 15.8 Å². The van der Waals surface area contributed by atoms with Crippen LogP contribution in [-0.2, 0) is 0 Å².